The van der Waals surface area contributed by atoms with Gasteiger partial charge in [0.15, 0.2) is 5.11 Å². The summed E-state index contributed by atoms with van der Waals surface area (Å²) in [6, 6.07) is 13.3. The number of carboxylic acid groups (broad SMARTS) is 1. The fraction of sp³-hybridized carbons (Fsp3) is 0.222. The third kappa shape index (κ3) is 4.14. The van der Waals surface area contributed by atoms with Crippen LogP contribution >= 0.6 is 39.7 Å². The zero-order valence-corrected chi connectivity index (χ0v) is 16.4. The number of nitrogens with one attached hydrogen (secondary N) is 1. The van der Waals surface area contributed by atoms with Crippen molar-refractivity contribution in [2.45, 2.75) is 18.9 Å². The fourth-order valence-electron chi connectivity index (χ4n) is 3.00. The second-order valence-electron chi connectivity index (χ2n) is 5.83. The third-order valence-electron chi connectivity index (χ3n) is 4.22. The van der Waals surface area contributed by atoms with E-state index in [0.29, 0.717) is 10.8 Å². The molecule has 1 unspecified atom stereocenters. The smallest absolute Gasteiger partial charge is 0.337 e. The normalized spacial score (nSPS) is 16.7. The van der Waals surface area contributed by atoms with Crippen LogP contribution in [0.2, 0.25) is 5.02 Å². The minimum absolute atomic E-state index is 0.0760. The van der Waals surface area contributed by atoms with Gasteiger partial charge in [0.1, 0.15) is 0 Å². The Balaban J connectivity index is 1.75. The van der Waals surface area contributed by atoms with Gasteiger partial charge in [-0.05, 0) is 61.0 Å². The summed E-state index contributed by atoms with van der Waals surface area (Å²) in [4.78, 5) is 13.2. The van der Waals surface area contributed by atoms with E-state index in [9.17, 15) is 4.79 Å². The number of hydrogen-bond donors (Lipinski definition) is 2. The average Bonchev–Trinajstić information content (AvgIpc) is 3.05. The molecular formula is C18H16BrClN2O2S. The van der Waals surface area contributed by atoms with E-state index in [1.165, 1.54) is 11.6 Å². The Morgan fingerprint density at radius 2 is 2.00 bits per heavy atom. The Bertz CT molecular complexity index is 813. The third-order valence-corrected chi connectivity index (χ3v) is 5.40. The monoisotopic (exact) mass is 438 g/mol. The Labute approximate surface area is 164 Å². The van der Waals surface area contributed by atoms with Gasteiger partial charge in [0.05, 0.1) is 16.6 Å². The van der Waals surface area contributed by atoms with E-state index in [2.05, 4.69) is 38.3 Å². The maximum absolute atomic E-state index is 11.0. The zero-order valence-electron chi connectivity index (χ0n) is 13.2. The minimum atomic E-state index is -1.05. The molecular weight excluding hydrogens is 424 g/mol. The lowest BCUT2D eigenvalue weighted by Crippen LogP contribution is -2.34. The first-order chi connectivity index (χ1) is 12.0. The molecule has 130 valence electrons. The molecule has 2 aromatic carbocycles. The van der Waals surface area contributed by atoms with E-state index in [0.717, 1.165) is 23.9 Å². The number of hydrogen-bond acceptors (Lipinski definition) is 2. The van der Waals surface area contributed by atoms with Gasteiger partial charge >= 0.3 is 5.97 Å². The average molecular weight is 440 g/mol. The van der Waals surface area contributed by atoms with Gasteiger partial charge < -0.3 is 15.3 Å². The SMILES string of the molecule is O=C(O)c1ccc(NC(=S)N2CCCC2c2ccc(Br)cc2)cc1Cl. The van der Waals surface area contributed by atoms with Crippen LogP contribution in [0.4, 0.5) is 5.69 Å². The molecule has 3 rings (SSSR count). The molecule has 1 atom stereocenters. The van der Waals surface area contributed by atoms with Gasteiger partial charge in [0.2, 0.25) is 0 Å². The van der Waals surface area contributed by atoms with E-state index >= 15 is 0 Å². The van der Waals surface area contributed by atoms with E-state index in [1.54, 1.807) is 12.1 Å². The van der Waals surface area contributed by atoms with Crippen LogP contribution in [-0.4, -0.2) is 27.6 Å². The summed E-state index contributed by atoms with van der Waals surface area (Å²) in [6.07, 6.45) is 2.11. The molecule has 0 aromatic heterocycles. The van der Waals surface area contributed by atoms with Crippen LogP contribution in [0.25, 0.3) is 0 Å². The van der Waals surface area contributed by atoms with Gasteiger partial charge in [-0.1, -0.05) is 39.7 Å². The van der Waals surface area contributed by atoms with Gasteiger partial charge in [0, 0.05) is 16.7 Å². The second-order valence-corrected chi connectivity index (χ2v) is 7.54. The molecule has 1 heterocycles. The highest BCUT2D eigenvalue weighted by Crippen LogP contribution is 2.33. The highest BCUT2D eigenvalue weighted by Gasteiger charge is 2.28. The van der Waals surface area contributed by atoms with Gasteiger partial charge in [-0.15, -0.1) is 0 Å². The quantitative estimate of drug-likeness (QED) is 0.633. The lowest BCUT2D eigenvalue weighted by molar-refractivity contribution is 0.0697. The summed E-state index contributed by atoms with van der Waals surface area (Å²) in [6.45, 7) is 0.882. The van der Waals surface area contributed by atoms with Crippen molar-refractivity contribution in [1.29, 1.82) is 0 Å². The number of benzene rings is 2. The zero-order chi connectivity index (χ0) is 18.0. The number of thiocarbonyl (C=S) groups is 1. The van der Waals surface area contributed by atoms with Crippen molar-refractivity contribution in [2.75, 3.05) is 11.9 Å². The van der Waals surface area contributed by atoms with Gasteiger partial charge in [-0.25, -0.2) is 4.79 Å². The van der Waals surface area contributed by atoms with E-state index < -0.39 is 5.97 Å². The largest absolute Gasteiger partial charge is 0.478 e. The van der Waals surface area contributed by atoms with Crippen molar-refractivity contribution in [1.82, 2.24) is 4.90 Å². The molecule has 1 aliphatic rings. The second kappa shape index (κ2) is 7.72. The van der Waals surface area contributed by atoms with E-state index in [-0.39, 0.29) is 16.6 Å². The summed E-state index contributed by atoms with van der Waals surface area (Å²) in [5.41, 5.74) is 1.98. The number of likely N-dealkylation sites (tertiary alicyclic amines) is 1. The molecule has 4 nitrogen and oxygen atoms in total. The number of carbonyl (C=O) groups is 1. The summed E-state index contributed by atoms with van der Waals surface area (Å²) in [5, 5.41) is 13.0. The summed E-state index contributed by atoms with van der Waals surface area (Å²) >= 11 is 15.1. The number of aromatic carboxylic acids is 1. The van der Waals surface area contributed by atoms with Gasteiger partial charge in [0.25, 0.3) is 0 Å². The lowest BCUT2D eigenvalue weighted by atomic mass is 10.1. The summed E-state index contributed by atoms with van der Waals surface area (Å²) in [7, 11) is 0. The molecule has 25 heavy (non-hydrogen) atoms. The standard InChI is InChI=1S/C18H16BrClN2O2S/c19-12-5-3-11(4-6-12)16-2-1-9-22(16)18(25)21-13-7-8-14(17(23)24)15(20)10-13/h3-8,10,16H,1-2,9H2,(H,21,25)(H,23,24). The Morgan fingerprint density at radius 1 is 1.28 bits per heavy atom. The molecule has 1 fully saturated rings. The van der Waals surface area contributed by atoms with E-state index in [1.807, 2.05) is 12.1 Å². The van der Waals surface area contributed by atoms with Crippen LogP contribution in [0.5, 0.6) is 0 Å². The van der Waals surface area contributed by atoms with Crippen molar-refractivity contribution in [3.05, 3.63) is 63.1 Å². The predicted octanol–water partition coefficient (Wildman–Crippen LogP) is 5.33. The molecule has 0 bridgehead atoms. The van der Waals surface area contributed by atoms with Crippen molar-refractivity contribution < 1.29 is 9.90 Å². The molecule has 2 aromatic rings. The van der Waals surface area contributed by atoms with Crippen LogP contribution in [-0.2, 0) is 0 Å². The number of rotatable bonds is 3. The first kappa shape index (κ1) is 18.2. The summed E-state index contributed by atoms with van der Waals surface area (Å²) in [5.74, 6) is -1.05. The number of anilines is 1. The van der Waals surface area contributed by atoms with Crippen LogP contribution in [0.15, 0.2) is 46.9 Å². The van der Waals surface area contributed by atoms with Gasteiger partial charge in [-0.2, -0.15) is 0 Å². The topological polar surface area (TPSA) is 52.6 Å². The van der Waals surface area contributed by atoms with Gasteiger partial charge in [-0.3, -0.25) is 0 Å². The van der Waals surface area contributed by atoms with E-state index in [4.69, 9.17) is 28.9 Å². The van der Waals surface area contributed by atoms with Crippen molar-refractivity contribution in [3.8, 4) is 0 Å². The number of halogens is 2. The van der Waals surface area contributed by atoms with Crippen molar-refractivity contribution in [2.24, 2.45) is 0 Å². The minimum Gasteiger partial charge on any atom is -0.478 e. The van der Waals surface area contributed by atoms with Crippen molar-refractivity contribution >= 4 is 56.5 Å². The molecule has 0 saturated carbocycles. The first-order valence-corrected chi connectivity index (χ1v) is 9.39. The Hall–Kier alpha value is -1.63. The number of carboxylic acids is 1. The molecule has 0 amide bonds. The highest BCUT2D eigenvalue weighted by atomic mass is 79.9. The molecule has 0 aliphatic carbocycles. The predicted molar refractivity (Wildman–Crippen MR) is 107 cm³/mol. The number of nitrogens with zero attached hydrogens (tertiary/aromatic N) is 1. The highest BCUT2D eigenvalue weighted by molar-refractivity contribution is 9.10. The summed E-state index contributed by atoms with van der Waals surface area (Å²) < 4.78 is 1.05. The van der Waals surface area contributed by atoms with Crippen LogP contribution < -0.4 is 5.32 Å². The first-order valence-electron chi connectivity index (χ1n) is 7.81. The van der Waals surface area contributed by atoms with Crippen LogP contribution in [0, 0.1) is 0 Å². The lowest BCUT2D eigenvalue weighted by Gasteiger charge is -2.28. The fourth-order valence-corrected chi connectivity index (χ4v) is 3.86. The molecule has 0 radical (unpaired) electrons. The molecule has 1 saturated heterocycles. The molecule has 2 N–H and O–H groups in total. The molecule has 1 aliphatic heterocycles. The van der Waals surface area contributed by atoms with Crippen LogP contribution in [0.1, 0.15) is 34.8 Å². The maximum atomic E-state index is 11.0. The molecule has 7 heteroatoms. The molecule has 0 spiro atoms. The maximum Gasteiger partial charge on any atom is 0.337 e. The van der Waals surface area contributed by atoms with Crippen molar-refractivity contribution in [3.63, 3.8) is 0 Å². The Morgan fingerprint density at radius 3 is 2.64 bits per heavy atom. The van der Waals surface area contributed by atoms with Crippen LogP contribution in [0.3, 0.4) is 0 Å². The Kier molecular flexibility index (Phi) is 5.61.